The molecule has 0 saturated carbocycles. The summed E-state index contributed by atoms with van der Waals surface area (Å²) in [5.41, 5.74) is 0. The van der Waals surface area contributed by atoms with Gasteiger partial charge in [0.25, 0.3) is 0 Å². The van der Waals surface area contributed by atoms with Crippen LogP contribution in [0.2, 0.25) is 0 Å². The van der Waals surface area contributed by atoms with Gasteiger partial charge in [-0.15, -0.1) is 0 Å². The maximum absolute atomic E-state index is 9.73. The second-order valence-corrected chi connectivity index (χ2v) is 4.55. The van der Waals surface area contributed by atoms with Crippen LogP contribution in [0, 0.1) is 0 Å². The first-order valence-electron chi connectivity index (χ1n) is 5.60. The molecule has 0 spiro atoms. The van der Waals surface area contributed by atoms with E-state index in [2.05, 4.69) is 18.2 Å². The van der Waals surface area contributed by atoms with Crippen LogP contribution < -0.4 is 0 Å². The number of benzene rings is 3. The molecule has 0 atom stereocenters. The topological polar surface area (TPSA) is 77.8 Å². The van der Waals surface area contributed by atoms with E-state index in [9.17, 15) is 5.11 Å². The maximum atomic E-state index is 9.73. The molecule has 3 aromatic carbocycles. The molecule has 0 fully saturated rings. The fourth-order valence-electron chi connectivity index (χ4n) is 1.95. The van der Waals surface area contributed by atoms with Gasteiger partial charge in [-0.1, -0.05) is 36.4 Å². The zero-order valence-corrected chi connectivity index (χ0v) is 10.9. The van der Waals surface area contributed by atoms with Crippen LogP contribution >= 0.6 is 8.25 Å². The first kappa shape index (κ1) is 13.6. The number of aromatic hydroxyl groups is 1. The number of hydrogen-bond acceptors (Lipinski definition) is 2. The summed E-state index contributed by atoms with van der Waals surface area (Å²) in [6.07, 6.45) is 0. The van der Waals surface area contributed by atoms with Crippen molar-refractivity contribution < 1.29 is 19.5 Å². The highest BCUT2D eigenvalue weighted by molar-refractivity contribution is 7.30. The molecule has 0 aromatic heterocycles. The van der Waals surface area contributed by atoms with Gasteiger partial charge in [-0.25, -0.2) is 0 Å². The quantitative estimate of drug-likeness (QED) is 0.435. The largest absolute Gasteiger partial charge is 0.507 e. The maximum Gasteiger partial charge on any atom is 0.314 e. The predicted molar refractivity (Wildman–Crippen MR) is 76.6 cm³/mol. The van der Waals surface area contributed by atoms with Crippen molar-refractivity contribution in [2.45, 2.75) is 0 Å². The van der Waals surface area contributed by atoms with Crippen LogP contribution in [0.4, 0.5) is 0 Å². The first-order valence-corrected chi connectivity index (χ1v) is 6.90. The zero-order chi connectivity index (χ0) is 13.8. The molecular weight excluding hydrogens is 263 g/mol. The molecule has 0 amide bonds. The lowest BCUT2D eigenvalue weighted by Gasteiger charge is -2.03. The van der Waals surface area contributed by atoms with E-state index in [4.69, 9.17) is 14.4 Å². The van der Waals surface area contributed by atoms with Crippen LogP contribution in [0.15, 0.2) is 54.6 Å². The van der Waals surface area contributed by atoms with Crippen molar-refractivity contribution >= 4 is 29.8 Å². The Bertz CT molecular complexity index is 736. The summed E-state index contributed by atoms with van der Waals surface area (Å²) in [5, 5.41) is 14.1. The number of hydrogen-bond donors (Lipinski definition) is 3. The monoisotopic (exact) mass is 276 g/mol. The predicted octanol–water partition coefficient (Wildman–Crippen LogP) is 3.06. The number of phenols is 1. The van der Waals surface area contributed by atoms with Gasteiger partial charge in [0.2, 0.25) is 0 Å². The lowest BCUT2D eigenvalue weighted by Crippen LogP contribution is -1.76. The van der Waals surface area contributed by atoms with E-state index in [-0.39, 0.29) is 0 Å². The van der Waals surface area contributed by atoms with Crippen LogP contribution in [0.1, 0.15) is 0 Å². The highest BCUT2D eigenvalue weighted by atomic mass is 31.1. The molecule has 3 rings (SSSR count). The smallest absolute Gasteiger partial charge is 0.314 e. The van der Waals surface area contributed by atoms with Crippen LogP contribution in [0.5, 0.6) is 5.75 Å². The highest BCUT2D eigenvalue weighted by Crippen LogP contribution is 2.28. The third-order valence-corrected chi connectivity index (χ3v) is 2.72. The molecular formula is C14H13O4P. The van der Waals surface area contributed by atoms with E-state index < -0.39 is 8.25 Å². The Morgan fingerprint density at radius 2 is 1.32 bits per heavy atom. The van der Waals surface area contributed by atoms with Crippen LogP contribution in [0.3, 0.4) is 0 Å². The number of phenolic OH excluding ortho intramolecular Hbond substituents is 1. The summed E-state index contributed by atoms with van der Waals surface area (Å²) in [6.45, 7) is 0. The molecule has 0 unspecified atom stereocenters. The van der Waals surface area contributed by atoms with Crippen molar-refractivity contribution in [2.24, 2.45) is 0 Å². The molecule has 0 bridgehead atoms. The Labute approximate surface area is 110 Å². The third-order valence-electron chi connectivity index (χ3n) is 2.72. The van der Waals surface area contributed by atoms with E-state index in [0.29, 0.717) is 5.75 Å². The molecule has 3 N–H and O–H groups in total. The molecule has 0 radical (unpaired) electrons. The van der Waals surface area contributed by atoms with Gasteiger partial charge in [0.1, 0.15) is 5.75 Å². The second-order valence-electron chi connectivity index (χ2n) is 3.98. The van der Waals surface area contributed by atoms with Gasteiger partial charge in [-0.05, 0) is 34.4 Å². The Hall–Kier alpha value is -1.87. The average molecular weight is 276 g/mol. The van der Waals surface area contributed by atoms with Crippen molar-refractivity contribution in [2.75, 3.05) is 0 Å². The van der Waals surface area contributed by atoms with E-state index in [1.54, 1.807) is 6.07 Å². The fourth-order valence-corrected chi connectivity index (χ4v) is 1.95. The summed E-state index contributed by atoms with van der Waals surface area (Å²) < 4.78 is 8.74. The zero-order valence-electron chi connectivity index (χ0n) is 9.95. The lowest BCUT2D eigenvalue weighted by molar-refractivity contribution is 0.405. The van der Waals surface area contributed by atoms with E-state index in [1.165, 1.54) is 5.39 Å². The number of rotatable bonds is 0. The molecule has 0 aliphatic rings. The SMILES string of the molecule is O=[PH](O)O.Oc1cccc2cc3ccccc3cc12. The van der Waals surface area contributed by atoms with Gasteiger partial charge < -0.3 is 14.9 Å². The summed E-state index contributed by atoms with van der Waals surface area (Å²) in [5.74, 6) is 0.346. The van der Waals surface area contributed by atoms with E-state index in [0.717, 1.165) is 16.2 Å². The highest BCUT2D eigenvalue weighted by Gasteiger charge is 2.00. The Morgan fingerprint density at radius 1 is 0.789 bits per heavy atom. The Kier molecular flexibility index (Phi) is 4.17. The van der Waals surface area contributed by atoms with Gasteiger partial charge in [0.05, 0.1) is 0 Å². The molecule has 4 nitrogen and oxygen atoms in total. The van der Waals surface area contributed by atoms with Crippen LogP contribution in [0.25, 0.3) is 21.5 Å². The molecule has 0 heterocycles. The van der Waals surface area contributed by atoms with Gasteiger partial charge in [0.15, 0.2) is 0 Å². The van der Waals surface area contributed by atoms with Gasteiger partial charge in [-0.3, -0.25) is 4.57 Å². The minimum absolute atomic E-state index is 0.346. The molecule has 0 aliphatic heterocycles. The third kappa shape index (κ3) is 3.32. The first-order chi connectivity index (χ1) is 9.08. The lowest BCUT2D eigenvalue weighted by atomic mass is 10.0. The Balaban J connectivity index is 0.000000297. The number of fused-ring (bicyclic) bond motifs is 2. The van der Waals surface area contributed by atoms with Crippen molar-refractivity contribution in [3.05, 3.63) is 54.6 Å². The summed E-state index contributed by atoms with van der Waals surface area (Å²) in [6, 6.07) is 17.9. The van der Waals surface area contributed by atoms with Crippen molar-refractivity contribution in [1.29, 1.82) is 0 Å². The van der Waals surface area contributed by atoms with Gasteiger partial charge in [-0.2, -0.15) is 0 Å². The summed E-state index contributed by atoms with van der Waals surface area (Å²) in [4.78, 5) is 14.3. The molecule has 3 aromatic rings. The summed E-state index contributed by atoms with van der Waals surface area (Å²) >= 11 is 0. The molecule has 5 heteroatoms. The van der Waals surface area contributed by atoms with E-state index >= 15 is 0 Å². The fraction of sp³-hybridized carbons (Fsp3) is 0. The standard InChI is InChI=1S/C14H10O.H3O3P/c15-14-7-3-6-12-8-10-4-1-2-5-11(10)9-13(12)14;1-4(2)3/h1-9,15H;4H,(H2,1,2,3). The molecule has 19 heavy (non-hydrogen) atoms. The van der Waals surface area contributed by atoms with Crippen LogP contribution in [-0.2, 0) is 4.57 Å². The normalized spacial score (nSPS) is 10.5. The van der Waals surface area contributed by atoms with Crippen LogP contribution in [-0.4, -0.2) is 14.9 Å². The van der Waals surface area contributed by atoms with Crippen molar-refractivity contribution in [3.63, 3.8) is 0 Å². The molecule has 0 saturated heterocycles. The van der Waals surface area contributed by atoms with Gasteiger partial charge >= 0.3 is 8.25 Å². The minimum Gasteiger partial charge on any atom is -0.507 e. The average Bonchev–Trinajstić information content (AvgIpc) is 2.37. The summed E-state index contributed by atoms with van der Waals surface area (Å²) in [7, 11) is -3.13. The minimum atomic E-state index is -3.13. The molecule has 0 aliphatic carbocycles. The molecule has 98 valence electrons. The van der Waals surface area contributed by atoms with Crippen molar-refractivity contribution in [3.8, 4) is 5.75 Å². The van der Waals surface area contributed by atoms with Gasteiger partial charge in [0, 0.05) is 5.39 Å². The van der Waals surface area contributed by atoms with Crippen molar-refractivity contribution in [1.82, 2.24) is 0 Å². The second kappa shape index (κ2) is 5.85. The van der Waals surface area contributed by atoms with E-state index in [1.807, 2.05) is 30.3 Å². The Morgan fingerprint density at radius 3 is 1.95 bits per heavy atom.